The first kappa shape index (κ1) is 13.6. The van der Waals surface area contributed by atoms with Gasteiger partial charge in [0, 0.05) is 37.8 Å². The van der Waals surface area contributed by atoms with E-state index in [1.807, 2.05) is 30.3 Å². The van der Waals surface area contributed by atoms with Gasteiger partial charge in [-0.25, -0.2) is 0 Å². The Morgan fingerprint density at radius 1 is 1.25 bits per heavy atom. The van der Waals surface area contributed by atoms with Crippen molar-refractivity contribution >= 4 is 11.6 Å². The number of nitrogens with two attached hydrogens (primary N) is 1. The van der Waals surface area contributed by atoms with Gasteiger partial charge in [0.25, 0.3) is 0 Å². The smallest absolute Gasteiger partial charge is 0.225 e. The molecule has 3 rings (SSSR count). The van der Waals surface area contributed by atoms with Crippen molar-refractivity contribution in [3.05, 3.63) is 30.3 Å². The molecular formula is C16H23N3O. The highest BCUT2D eigenvalue weighted by Gasteiger charge is 2.40. The Morgan fingerprint density at radius 2 is 2.05 bits per heavy atom. The highest BCUT2D eigenvalue weighted by atomic mass is 16.1. The maximum Gasteiger partial charge on any atom is 0.225 e. The van der Waals surface area contributed by atoms with E-state index in [-0.39, 0.29) is 5.91 Å². The lowest BCUT2D eigenvalue weighted by Gasteiger charge is -2.18. The van der Waals surface area contributed by atoms with E-state index in [4.69, 9.17) is 5.73 Å². The molecule has 1 aliphatic heterocycles. The van der Waals surface area contributed by atoms with Crippen LogP contribution in [0, 0.1) is 11.8 Å². The molecule has 0 spiro atoms. The number of carbonyl (C=O) groups excluding carboxylic acids is 1. The second-order valence-electron chi connectivity index (χ2n) is 6.09. The molecule has 4 heteroatoms. The standard InChI is InChI=1S/C16H23N3O/c17-15-7-6-12-10-19(11-14(12)15)9-8-16(20)18-13-4-2-1-3-5-13/h1-5,12,14-15H,6-11,17H2,(H,18,20)/t12-,14+,15+/m0/s1. The molecule has 1 amide bonds. The minimum absolute atomic E-state index is 0.0950. The van der Waals surface area contributed by atoms with Crippen molar-refractivity contribution in [1.82, 2.24) is 4.90 Å². The van der Waals surface area contributed by atoms with Gasteiger partial charge in [-0.05, 0) is 36.8 Å². The molecule has 1 saturated carbocycles. The highest BCUT2D eigenvalue weighted by molar-refractivity contribution is 5.90. The van der Waals surface area contributed by atoms with Crippen molar-refractivity contribution in [3.63, 3.8) is 0 Å². The van der Waals surface area contributed by atoms with E-state index < -0.39 is 0 Å². The summed E-state index contributed by atoms with van der Waals surface area (Å²) in [6, 6.07) is 10.0. The fourth-order valence-electron chi connectivity index (χ4n) is 3.59. The Hall–Kier alpha value is -1.39. The van der Waals surface area contributed by atoms with Gasteiger partial charge in [0.1, 0.15) is 0 Å². The molecule has 1 aliphatic carbocycles. The number of nitrogens with one attached hydrogen (secondary N) is 1. The molecule has 4 nitrogen and oxygen atoms in total. The summed E-state index contributed by atoms with van der Waals surface area (Å²) in [4.78, 5) is 14.3. The zero-order valence-corrected chi connectivity index (χ0v) is 11.8. The molecule has 20 heavy (non-hydrogen) atoms. The quantitative estimate of drug-likeness (QED) is 0.877. The Kier molecular flexibility index (Phi) is 4.03. The molecular weight excluding hydrogens is 250 g/mol. The number of benzene rings is 1. The van der Waals surface area contributed by atoms with E-state index in [9.17, 15) is 4.79 Å². The van der Waals surface area contributed by atoms with Gasteiger partial charge < -0.3 is 16.0 Å². The second-order valence-corrected chi connectivity index (χ2v) is 6.09. The summed E-state index contributed by atoms with van der Waals surface area (Å²) in [5.41, 5.74) is 7.01. The molecule has 1 aromatic rings. The van der Waals surface area contributed by atoms with Crippen LogP contribution in [0.25, 0.3) is 0 Å². The van der Waals surface area contributed by atoms with Gasteiger partial charge in [-0.15, -0.1) is 0 Å². The third-order valence-corrected chi connectivity index (χ3v) is 4.70. The number of likely N-dealkylation sites (tertiary alicyclic amines) is 1. The number of anilines is 1. The van der Waals surface area contributed by atoms with Crippen molar-refractivity contribution in [2.24, 2.45) is 17.6 Å². The number of fused-ring (bicyclic) bond motifs is 1. The van der Waals surface area contributed by atoms with Crippen molar-refractivity contribution in [3.8, 4) is 0 Å². The van der Waals surface area contributed by atoms with Gasteiger partial charge in [0.05, 0.1) is 0 Å². The van der Waals surface area contributed by atoms with Crippen LogP contribution in [0.2, 0.25) is 0 Å². The molecule has 2 fully saturated rings. The van der Waals surface area contributed by atoms with Gasteiger partial charge in [0.2, 0.25) is 5.91 Å². The van der Waals surface area contributed by atoms with E-state index in [1.54, 1.807) is 0 Å². The molecule has 0 bridgehead atoms. The molecule has 0 unspecified atom stereocenters. The minimum Gasteiger partial charge on any atom is -0.327 e. The van der Waals surface area contributed by atoms with Crippen LogP contribution >= 0.6 is 0 Å². The van der Waals surface area contributed by atoms with Crippen LogP contribution in [0.3, 0.4) is 0 Å². The summed E-state index contributed by atoms with van der Waals surface area (Å²) in [5, 5.41) is 2.93. The van der Waals surface area contributed by atoms with Gasteiger partial charge in [-0.2, -0.15) is 0 Å². The number of hydrogen-bond donors (Lipinski definition) is 2. The predicted molar refractivity (Wildman–Crippen MR) is 80.3 cm³/mol. The number of nitrogens with zero attached hydrogens (tertiary/aromatic N) is 1. The van der Waals surface area contributed by atoms with E-state index in [0.717, 1.165) is 31.2 Å². The summed E-state index contributed by atoms with van der Waals surface area (Å²) in [5.74, 6) is 1.52. The SMILES string of the molecule is N[C@@H]1CC[C@H]2CN(CCC(=O)Nc3ccccc3)C[C@H]21. The Balaban J connectivity index is 1.43. The Bertz CT molecular complexity index is 462. The van der Waals surface area contributed by atoms with E-state index in [1.165, 1.54) is 12.8 Å². The first-order valence-corrected chi connectivity index (χ1v) is 7.55. The number of carbonyl (C=O) groups is 1. The second kappa shape index (κ2) is 5.94. The summed E-state index contributed by atoms with van der Waals surface area (Å²) < 4.78 is 0. The van der Waals surface area contributed by atoms with E-state index in [0.29, 0.717) is 18.4 Å². The monoisotopic (exact) mass is 273 g/mol. The maximum atomic E-state index is 11.9. The molecule has 3 atom stereocenters. The topological polar surface area (TPSA) is 58.4 Å². The first-order chi connectivity index (χ1) is 9.72. The summed E-state index contributed by atoms with van der Waals surface area (Å²) in [7, 11) is 0. The fourth-order valence-corrected chi connectivity index (χ4v) is 3.59. The molecule has 0 radical (unpaired) electrons. The van der Waals surface area contributed by atoms with Crippen LogP contribution in [0.5, 0.6) is 0 Å². The van der Waals surface area contributed by atoms with Gasteiger partial charge >= 0.3 is 0 Å². The average Bonchev–Trinajstić information content (AvgIpc) is 3.00. The van der Waals surface area contributed by atoms with Crippen molar-refractivity contribution in [2.75, 3.05) is 25.0 Å². The number of para-hydroxylation sites is 1. The van der Waals surface area contributed by atoms with Crippen LogP contribution < -0.4 is 11.1 Å². The third-order valence-electron chi connectivity index (χ3n) is 4.70. The average molecular weight is 273 g/mol. The van der Waals surface area contributed by atoms with E-state index >= 15 is 0 Å². The lowest BCUT2D eigenvalue weighted by Crippen LogP contribution is -2.31. The van der Waals surface area contributed by atoms with Crippen molar-refractivity contribution in [1.29, 1.82) is 0 Å². The molecule has 2 aliphatic rings. The summed E-state index contributed by atoms with van der Waals surface area (Å²) >= 11 is 0. The first-order valence-electron chi connectivity index (χ1n) is 7.55. The molecule has 3 N–H and O–H groups in total. The third kappa shape index (κ3) is 3.02. The van der Waals surface area contributed by atoms with Crippen LogP contribution in [-0.2, 0) is 4.79 Å². The van der Waals surface area contributed by atoms with Gasteiger partial charge in [-0.3, -0.25) is 4.79 Å². The predicted octanol–water partition coefficient (Wildman–Crippen LogP) is 1.68. The number of rotatable bonds is 4. The molecule has 1 aromatic carbocycles. The number of amides is 1. The summed E-state index contributed by atoms with van der Waals surface area (Å²) in [6.07, 6.45) is 3.00. The molecule has 108 valence electrons. The van der Waals surface area contributed by atoms with Crippen molar-refractivity contribution in [2.45, 2.75) is 25.3 Å². The largest absolute Gasteiger partial charge is 0.327 e. The maximum absolute atomic E-state index is 11.9. The van der Waals surface area contributed by atoms with Crippen LogP contribution in [0.15, 0.2) is 30.3 Å². The lowest BCUT2D eigenvalue weighted by atomic mass is 9.98. The molecule has 1 saturated heterocycles. The van der Waals surface area contributed by atoms with Crippen molar-refractivity contribution < 1.29 is 4.79 Å². The molecule has 0 aromatic heterocycles. The number of hydrogen-bond acceptors (Lipinski definition) is 3. The van der Waals surface area contributed by atoms with E-state index in [2.05, 4.69) is 10.2 Å². The Morgan fingerprint density at radius 3 is 2.80 bits per heavy atom. The van der Waals surface area contributed by atoms with Gasteiger partial charge in [-0.1, -0.05) is 18.2 Å². The zero-order valence-electron chi connectivity index (χ0n) is 11.8. The minimum atomic E-state index is 0.0950. The van der Waals surface area contributed by atoms with Gasteiger partial charge in [0.15, 0.2) is 0 Å². The fraction of sp³-hybridized carbons (Fsp3) is 0.562. The van der Waals surface area contributed by atoms with Crippen LogP contribution in [0.1, 0.15) is 19.3 Å². The van der Waals surface area contributed by atoms with Crippen LogP contribution in [-0.4, -0.2) is 36.5 Å². The lowest BCUT2D eigenvalue weighted by molar-refractivity contribution is -0.116. The highest BCUT2D eigenvalue weighted by Crippen LogP contribution is 2.36. The van der Waals surface area contributed by atoms with Crippen LogP contribution in [0.4, 0.5) is 5.69 Å². The summed E-state index contributed by atoms with van der Waals surface area (Å²) in [6.45, 7) is 3.04. The normalized spacial score (nSPS) is 29.4. The Labute approximate surface area is 120 Å². The molecule has 1 heterocycles. The zero-order chi connectivity index (χ0) is 13.9.